The summed E-state index contributed by atoms with van der Waals surface area (Å²) < 4.78 is 0. The van der Waals surface area contributed by atoms with Gasteiger partial charge in [-0.2, -0.15) is 0 Å². The van der Waals surface area contributed by atoms with E-state index in [1.165, 1.54) is 22.4 Å². The van der Waals surface area contributed by atoms with Crippen molar-refractivity contribution in [1.29, 1.82) is 0 Å². The SMILES string of the molecule is C#CC.C/C=C(C)/C(C)=C/N(Cc1ccccc1)C1=CCN(C)CC1.C=CC. The van der Waals surface area contributed by atoms with Crippen LogP contribution in [0.3, 0.4) is 0 Å². The van der Waals surface area contributed by atoms with Gasteiger partial charge in [0.2, 0.25) is 0 Å². The summed E-state index contributed by atoms with van der Waals surface area (Å²) in [6, 6.07) is 10.7. The molecule has 0 bridgehead atoms. The average Bonchev–Trinajstić information content (AvgIpc) is 2.69. The van der Waals surface area contributed by atoms with Crippen molar-refractivity contribution in [3.63, 3.8) is 0 Å². The third-order valence-electron chi connectivity index (χ3n) is 4.36. The Labute approximate surface area is 173 Å². The Kier molecular flexibility index (Phi) is 14.2. The van der Waals surface area contributed by atoms with Gasteiger partial charge in [-0.05, 0) is 52.8 Å². The second-order valence-corrected chi connectivity index (χ2v) is 6.80. The summed E-state index contributed by atoms with van der Waals surface area (Å²) in [5, 5.41) is 0. The summed E-state index contributed by atoms with van der Waals surface area (Å²) in [4.78, 5) is 4.78. The van der Waals surface area contributed by atoms with Crippen LogP contribution in [0.15, 0.2) is 78.2 Å². The van der Waals surface area contributed by atoms with E-state index in [9.17, 15) is 0 Å². The van der Waals surface area contributed by atoms with Crippen molar-refractivity contribution in [2.24, 2.45) is 0 Å². The topological polar surface area (TPSA) is 6.48 Å². The van der Waals surface area contributed by atoms with Crippen molar-refractivity contribution in [3.8, 4) is 12.3 Å². The molecule has 0 aliphatic carbocycles. The van der Waals surface area contributed by atoms with Gasteiger partial charge in [0.05, 0.1) is 0 Å². The predicted octanol–water partition coefficient (Wildman–Crippen LogP) is 6.41. The second kappa shape index (κ2) is 15.5. The molecule has 0 N–H and O–H groups in total. The quantitative estimate of drug-likeness (QED) is 0.332. The first kappa shape index (κ1) is 25.5. The molecule has 0 fully saturated rings. The lowest BCUT2D eigenvalue weighted by Crippen LogP contribution is -2.29. The molecule has 0 saturated carbocycles. The van der Waals surface area contributed by atoms with Crippen molar-refractivity contribution in [3.05, 3.63) is 83.7 Å². The standard InChI is InChI=1S/C20H28N2.C3H6.C3H4/c1-5-17(2)18(3)15-22(16-19-9-7-6-8-10-19)20-11-13-21(4)14-12-20;2*1-3-2/h5-11,15H,12-14,16H2,1-4H3;3H,1H2,2H3;1H,2H3/b17-5+,18-15+;;. The fraction of sp³-hybridized carbons (Fsp3) is 0.385. The second-order valence-electron chi connectivity index (χ2n) is 6.80. The van der Waals surface area contributed by atoms with Gasteiger partial charge in [0, 0.05) is 38.0 Å². The third-order valence-corrected chi connectivity index (χ3v) is 4.36. The van der Waals surface area contributed by atoms with Crippen LogP contribution >= 0.6 is 0 Å². The fourth-order valence-electron chi connectivity index (χ4n) is 2.59. The summed E-state index contributed by atoms with van der Waals surface area (Å²) in [5.74, 6) is 2.25. The number of benzene rings is 1. The van der Waals surface area contributed by atoms with Crippen molar-refractivity contribution < 1.29 is 0 Å². The van der Waals surface area contributed by atoms with E-state index >= 15 is 0 Å². The molecule has 1 aliphatic heterocycles. The monoisotopic (exact) mass is 378 g/mol. The van der Waals surface area contributed by atoms with E-state index in [1.54, 1.807) is 13.0 Å². The van der Waals surface area contributed by atoms with Gasteiger partial charge in [-0.1, -0.05) is 54.1 Å². The number of allylic oxidation sites excluding steroid dienone is 4. The highest BCUT2D eigenvalue weighted by molar-refractivity contribution is 5.28. The maximum atomic E-state index is 4.60. The summed E-state index contributed by atoms with van der Waals surface area (Å²) in [6.07, 6.45) is 14.3. The third kappa shape index (κ3) is 10.6. The molecule has 2 heteroatoms. The number of rotatable bonds is 5. The molecule has 2 nitrogen and oxygen atoms in total. The van der Waals surface area contributed by atoms with E-state index < -0.39 is 0 Å². The van der Waals surface area contributed by atoms with Crippen LogP contribution in [-0.4, -0.2) is 29.9 Å². The largest absolute Gasteiger partial charge is 0.347 e. The minimum Gasteiger partial charge on any atom is -0.347 e. The normalized spacial score (nSPS) is 14.4. The maximum absolute atomic E-state index is 4.60. The van der Waals surface area contributed by atoms with Gasteiger partial charge >= 0.3 is 0 Å². The Balaban J connectivity index is 0.00000108. The van der Waals surface area contributed by atoms with Crippen LogP contribution in [0, 0.1) is 12.3 Å². The number of likely N-dealkylation sites (N-methyl/N-ethyl adjacent to an activating group) is 1. The lowest BCUT2D eigenvalue weighted by molar-refractivity contribution is 0.320. The molecule has 0 unspecified atom stereocenters. The van der Waals surface area contributed by atoms with E-state index in [-0.39, 0.29) is 0 Å². The Morgan fingerprint density at radius 1 is 1.21 bits per heavy atom. The lowest BCUT2D eigenvalue weighted by Gasteiger charge is -2.30. The van der Waals surface area contributed by atoms with Gasteiger partial charge in [0.1, 0.15) is 0 Å². The minimum absolute atomic E-state index is 0.935. The molecule has 0 radical (unpaired) electrons. The zero-order chi connectivity index (χ0) is 21.4. The van der Waals surface area contributed by atoms with Gasteiger partial charge in [0.25, 0.3) is 0 Å². The summed E-state index contributed by atoms with van der Waals surface area (Å²) in [6.45, 7) is 16.5. The molecule has 0 amide bonds. The maximum Gasteiger partial charge on any atom is 0.0472 e. The lowest BCUT2D eigenvalue weighted by atomic mass is 10.1. The zero-order valence-corrected chi connectivity index (χ0v) is 18.7. The molecular formula is C26H38N2. The van der Waals surface area contributed by atoms with Crippen LogP contribution in [0.25, 0.3) is 0 Å². The van der Waals surface area contributed by atoms with Crippen molar-refractivity contribution in [1.82, 2.24) is 9.80 Å². The fourth-order valence-corrected chi connectivity index (χ4v) is 2.59. The Bertz CT molecular complexity index is 687. The van der Waals surface area contributed by atoms with Crippen molar-refractivity contribution >= 4 is 0 Å². The smallest absolute Gasteiger partial charge is 0.0472 e. The summed E-state index contributed by atoms with van der Waals surface area (Å²) in [5.41, 5.74) is 5.46. The Morgan fingerprint density at radius 3 is 2.25 bits per heavy atom. The molecule has 1 heterocycles. The number of hydrogen-bond donors (Lipinski definition) is 0. The highest BCUT2D eigenvalue weighted by Gasteiger charge is 2.14. The van der Waals surface area contributed by atoms with E-state index in [0.29, 0.717) is 0 Å². The molecular weight excluding hydrogens is 340 g/mol. The predicted molar refractivity (Wildman–Crippen MR) is 126 cm³/mol. The summed E-state index contributed by atoms with van der Waals surface area (Å²) in [7, 11) is 2.18. The Hall–Kier alpha value is -2.50. The van der Waals surface area contributed by atoms with Crippen LogP contribution in [0.1, 0.15) is 46.6 Å². The molecule has 0 spiro atoms. The number of nitrogens with zero attached hydrogens (tertiary/aromatic N) is 2. The van der Waals surface area contributed by atoms with E-state index in [1.807, 2.05) is 6.92 Å². The molecule has 1 aromatic carbocycles. The van der Waals surface area contributed by atoms with Crippen molar-refractivity contribution in [2.75, 3.05) is 20.1 Å². The van der Waals surface area contributed by atoms with Gasteiger partial charge in [-0.3, -0.25) is 0 Å². The number of terminal acetylenes is 1. The van der Waals surface area contributed by atoms with E-state index in [2.05, 4.69) is 105 Å². The molecule has 1 aromatic rings. The summed E-state index contributed by atoms with van der Waals surface area (Å²) >= 11 is 0. The highest BCUT2D eigenvalue weighted by Crippen LogP contribution is 2.21. The van der Waals surface area contributed by atoms with Crippen LogP contribution in [0.2, 0.25) is 0 Å². The highest BCUT2D eigenvalue weighted by atomic mass is 15.2. The molecule has 152 valence electrons. The minimum atomic E-state index is 0.935. The average molecular weight is 379 g/mol. The van der Waals surface area contributed by atoms with Crippen LogP contribution in [0.5, 0.6) is 0 Å². The number of hydrogen-bond acceptors (Lipinski definition) is 2. The molecule has 28 heavy (non-hydrogen) atoms. The zero-order valence-electron chi connectivity index (χ0n) is 18.7. The van der Waals surface area contributed by atoms with Crippen molar-refractivity contribution in [2.45, 2.75) is 47.6 Å². The molecule has 1 aliphatic rings. The molecule has 0 atom stereocenters. The van der Waals surface area contributed by atoms with Crippen LogP contribution in [-0.2, 0) is 6.54 Å². The van der Waals surface area contributed by atoms with Crippen LogP contribution < -0.4 is 0 Å². The van der Waals surface area contributed by atoms with E-state index in [0.717, 1.165) is 26.1 Å². The van der Waals surface area contributed by atoms with Crippen LogP contribution in [0.4, 0.5) is 0 Å². The first-order chi connectivity index (χ1) is 13.4. The first-order valence-electron chi connectivity index (χ1n) is 9.87. The van der Waals surface area contributed by atoms with Gasteiger partial charge < -0.3 is 9.80 Å². The van der Waals surface area contributed by atoms with Gasteiger partial charge in [-0.15, -0.1) is 18.9 Å². The van der Waals surface area contributed by atoms with Gasteiger partial charge in [0.15, 0.2) is 0 Å². The first-order valence-corrected chi connectivity index (χ1v) is 9.87. The van der Waals surface area contributed by atoms with E-state index in [4.69, 9.17) is 0 Å². The molecule has 0 aromatic heterocycles. The molecule has 0 saturated heterocycles. The van der Waals surface area contributed by atoms with Gasteiger partial charge in [-0.25, -0.2) is 0 Å². The Morgan fingerprint density at radius 2 is 1.79 bits per heavy atom. The molecule has 2 rings (SSSR count).